The average molecular weight is 468 g/mol. The summed E-state index contributed by atoms with van der Waals surface area (Å²) in [6, 6.07) is 12.7. The third-order valence-corrected chi connectivity index (χ3v) is 7.16. The Labute approximate surface area is 186 Å². The summed E-state index contributed by atoms with van der Waals surface area (Å²) >= 11 is 11.9. The van der Waals surface area contributed by atoms with Crippen LogP contribution in [0.25, 0.3) is 11.4 Å². The Morgan fingerprint density at radius 1 is 1.03 bits per heavy atom. The molecule has 0 radical (unpaired) electrons. The fraction of sp³-hybridized carbons (Fsp3) is 0.333. The zero-order valence-corrected chi connectivity index (χ0v) is 19.5. The predicted octanol–water partition coefficient (Wildman–Crippen LogP) is 5.30. The van der Waals surface area contributed by atoms with Crippen molar-refractivity contribution in [2.24, 2.45) is 0 Å². The lowest BCUT2D eigenvalue weighted by atomic mass is 9.87. The van der Waals surface area contributed by atoms with Crippen molar-refractivity contribution in [3.8, 4) is 11.4 Å². The molecule has 3 aromatic rings. The van der Waals surface area contributed by atoms with Crippen LogP contribution >= 0.6 is 23.2 Å². The van der Waals surface area contributed by atoms with Gasteiger partial charge in [0.2, 0.25) is 21.7 Å². The van der Waals surface area contributed by atoms with Crippen LogP contribution in [-0.4, -0.2) is 29.9 Å². The molecule has 1 heterocycles. The molecule has 6 nitrogen and oxygen atoms in total. The maximum atomic E-state index is 12.7. The Balaban J connectivity index is 1.70. The van der Waals surface area contributed by atoms with Crippen LogP contribution in [0.1, 0.15) is 37.8 Å². The van der Waals surface area contributed by atoms with E-state index in [9.17, 15) is 8.42 Å². The number of benzene rings is 2. The smallest absolute Gasteiger partial charge is 0.242 e. The number of halogens is 2. The van der Waals surface area contributed by atoms with Gasteiger partial charge in [0, 0.05) is 12.6 Å². The molecule has 3 rings (SSSR count). The van der Waals surface area contributed by atoms with Crippen LogP contribution in [0, 0.1) is 0 Å². The highest BCUT2D eigenvalue weighted by Crippen LogP contribution is 2.26. The van der Waals surface area contributed by atoms with E-state index < -0.39 is 10.0 Å². The SMILES string of the molecule is CN(Cc1nc(-c2ccc(C(C)(C)C)cc2)no1)S(=O)(=O)Cc1ccc(Cl)c(Cl)c1. The van der Waals surface area contributed by atoms with Crippen LogP contribution < -0.4 is 0 Å². The molecule has 0 amide bonds. The molecule has 0 aliphatic rings. The van der Waals surface area contributed by atoms with Crippen molar-refractivity contribution in [1.82, 2.24) is 14.4 Å². The van der Waals surface area contributed by atoms with Crippen LogP contribution in [0.4, 0.5) is 0 Å². The first-order valence-corrected chi connectivity index (χ1v) is 11.6. The second-order valence-corrected chi connectivity index (χ2v) is 11.0. The van der Waals surface area contributed by atoms with E-state index in [4.69, 9.17) is 27.7 Å². The number of aromatic nitrogens is 2. The van der Waals surface area contributed by atoms with E-state index in [2.05, 4.69) is 30.9 Å². The molecule has 0 saturated heterocycles. The van der Waals surface area contributed by atoms with Crippen molar-refractivity contribution < 1.29 is 12.9 Å². The van der Waals surface area contributed by atoms with Gasteiger partial charge in [-0.1, -0.05) is 79.5 Å². The number of nitrogens with zero attached hydrogens (tertiary/aromatic N) is 3. The van der Waals surface area contributed by atoms with Gasteiger partial charge in [-0.05, 0) is 28.7 Å². The van der Waals surface area contributed by atoms with Crippen molar-refractivity contribution in [2.45, 2.75) is 38.5 Å². The first-order valence-electron chi connectivity index (χ1n) is 9.27. The summed E-state index contributed by atoms with van der Waals surface area (Å²) in [6.07, 6.45) is 0. The van der Waals surface area contributed by atoms with E-state index in [1.807, 2.05) is 24.3 Å². The van der Waals surface area contributed by atoms with Crippen molar-refractivity contribution >= 4 is 33.2 Å². The Bertz CT molecular complexity index is 1140. The molecular formula is C21H23Cl2N3O3S. The number of hydrogen-bond acceptors (Lipinski definition) is 5. The highest BCUT2D eigenvalue weighted by Gasteiger charge is 2.22. The van der Waals surface area contributed by atoms with Gasteiger partial charge in [-0.25, -0.2) is 8.42 Å². The van der Waals surface area contributed by atoms with E-state index in [-0.39, 0.29) is 23.6 Å². The standard InChI is InChI=1S/C21H23Cl2N3O3S/c1-21(2,3)16-8-6-15(7-9-16)20-24-19(29-25-20)12-26(4)30(27,28)13-14-5-10-17(22)18(23)11-14/h5-11H,12-13H2,1-4H3. The van der Waals surface area contributed by atoms with Crippen LogP contribution in [0.5, 0.6) is 0 Å². The normalized spacial score (nSPS) is 12.5. The quantitative estimate of drug-likeness (QED) is 0.491. The molecule has 0 aliphatic heterocycles. The molecular weight excluding hydrogens is 445 g/mol. The fourth-order valence-corrected chi connectivity index (χ4v) is 4.24. The Hall–Kier alpha value is -1.93. The monoisotopic (exact) mass is 467 g/mol. The van der Waals surface area contributed by atoms with Gasteiger partial charge in [0.25, 0.3) is 0 Å². The van der Waals surface area contributed by atoms with E-state index >= 15 is 0 Å². The molecule has 1 aromatic heterocycles. The van der Waals surface area contributed by atoms with Crippen LogP contribution in [0.15, 0.2) is 47.0 Å². The molecule has 0 aliphatic carbocycles. The van der Waals surface area contributed by atoms with Gasteiger partial charge in [0.05, 0.1) is 22.3 Å². The molecule has 0 atom stereocenters. The average Bonchev–Trinajstić information content (AvgIpc) is 3.12. The lowest BCUT2D eigenvalue weighted by Crippen LogP contribution is -2.27. The minimum atomic E-state index is -3.61. The second-order valence-electron chi connectivity index (χ2n) is 8.10. The van der Waals surface area contributed by atoms with E-state index in [0.29, 0.717) is 21.4 Å². The largest absolute Gasteiger partial charge is 0.338 e. The molecule has 2 aromatic carbocycles. The molecule has 9 heteroatoms. The molecule has 0 N–H and O–H groups in total. The van der Waals surface area contributed by atoms with Gasteiger partial charge >= 0.3 is 0 Å². The van der Waals surface area contributed by atoms with Gasteiger partial charge in [-0.2, -0.15) is 9.29 Å². The summed E-state index contributed by atoms with van der Waals surface area (Å²) in [5.74, 6) is 0.418. The van der Waals surface area contributed by atoms with Crippen LogP contribution in [0.3, 0.4) is 0 Å². The topological polar surface area (TPSA) is 76.3 Å². The van der Waals surface area contributed by atoms with Gasteiger partial charge in [-0.3, -0.25) is 0 Å². The lowest BCUT2D eigenvalue weighted by molar-refractivity contribution is 0.336. The lowest BCUT2D eigenvalue weighted by Gasteiger charge is -2.18. The summed E-state index contributed by atoms with van der Waals surface area (Å²) in [5.41, 5.74) is 2.59. The summed E-state index contributed by atoms with van der Waals surface area (Å²) in [5, 5.41) is 4.67. The zero-order valence-electron chi connectivity index (χ0n) is 17.2. The van der Waals surface area contributed by atoms with Crippen LogP contribution in [-0.2, 0) is 27.7 Å². The molecule has 0 spiro atoms. The van der Waals surface area contributed by atoms with Crippen molar-refractivity contribution in [2.75, 3.05) is 7.05 Å². The molecule has 160 valence electrons. The maximum Gasteiger partial charge on any atom is 0.242 e. The van der Waals surface area contributed by atoms with E-state index in [0.717, 1.165) is 5.56 Å². The number of sulfonamides is 1. The van der Waals surface area contributed by atoms with Gasteiger partial charge in [0.1, 0.15) is 0 Å². The number of hydrogen-bond donors (Lipinski definition) is 0. The van der Waals surface area contributed by atoms with Crippen LogP contribution in [0.2, 0.25) is 10.0 Å². The summed E-state index contributed by atoms with van der Waals surface area (Å²) in [4.78, 5) is 4.34. The minimum Gasteiger partial charge on any atom is -0.338 e. The summed E-state index contributed by atoms with van der Waals surface area (Å²) in [6.45, 7) is 6.39. The molecule has 0 bridgehead atoms. The van der Waals surface area contributed by atoms with Gasteiger partial charge < -0.3 is 4.52 Å². The van der Waals surface area contributed by atoms with E-state index in [1.165, 1.54) is 16.9 Å². The molecule has 30 heavy (non-hydrogen) atoms. The highest BCUT2D eigenvalue weighted by molar-refractivity contribution is 7.88. The van der Waals surface area contributed by atoms with Crippen molar-refractivity contribution in [1.29, 1.82) is 0 Å². The minimum absolute atomic E-state index is 0.0310. The van der Waals surface area contributed by atoms with Crippen molar-refractivity contribution in [3.05, 3.63) is 69.5 Å². The predicted molar refractivity (Wildman–Crippen MR) is 119 cm³/mol. The number of rotatable bonds is 6. The molecule has 0 fully saturated rings. The highest BCUT2D eigenvalue weighted by atomic mass is 35.5. The Morgan fingerprint density at radius 3 is 2.30 bits per heavy atom. The summed E-state index contributed by atoms with van der Waals surface area (Å²) < 4.78 is 31.8. The summed E-state index contributed by atoms with van der Waals surface area (Å²) in [7, 11) is -2.15. The molecule has 0 unspecified atom stereocenters. The third-order valence-electron chi connectivity index (χ3n) is 4.64. The van der Waals surface area contributed by atoms with E-state index in [1.54, 1.807) is 18.2 Å². The maximum absolute atomic E-state index is 12.7. The third kappa shape index (κ3) is 5.40. The van der Waals surface area contributed by atoms with Gasteiger partial charge in [-0.15, -0.1) is 0 Å². The Kier molecular flexibility index (Phi) is 6.57. The van der Waals surface area contributed by atoms with Gasteiger partial charge in [0.15, 0.2) is 0 Å². The first-order chi connectivity index (χ1) is 14.0. The molecule has 0 saturated carbocycles. The zero-order chi connectivity index (χ0) is 22.1. The fourth-order valence-electron chi connectivity index (χ4n) is 2.79. The first kappa shape index (κ1) is 22.7. The second kappa shape index (κ2) is 8.67. The Morgan fingerprint density at radius 2 is 1.70 bits per heavy atom. The van der Waals surface area contributed by atoms with Crippen molar-refractivity contribution in [3.63, 3.8) is 0 Å².